The maximum Gasteiger partial charge on any atom is 0.254 e. The van der Waals surface area contributed by atoms with E-state index in [1.807, 2.05) is 23.1 Å². The van der Waals surface area contributed by atoms with Crippen LogP contribution >= 0.6 is 12.2 Å². The van der Waals surface area contributed by atoms with E-state index in [1.54, 1.807) is 0 Å². The minimum atomic E-state index is 0.0319. The number of hydrogen-bond acceptors (Lipinski definition) is 3. The number of thiocarbonyl (C=S) groups is 1. The van der Waals surface area contributed by atoms with Crippen LogP contribution in [0.25, 0.3) is 0 Å². The maximum absolute atomic E-state index is 12.8. The third kappa shape index (κ3) is 3.02. The number of ether oxygens (including phenoxy) is 1. The van der Waals surface area contributed by atoms with Gasteiger partial charge in [-0.15, -0.1) is 0 Å². The summed E-state index contributed by atoms with van der Waals surface area (Å²) in [5.41, 5.74) is 7.51. The van der Waals surface area contributed by atoms with Crippen molar-refractivity contribution in [1.29, 1.82) is 0 Å². The van der Waals surface area contributed by atoms with Crippen molar-refractivity contribution in [2.75, 3.05) is 13.2 Å². The van der Waals surface area contributed by atoms with Crippen LogP contribution in [0.2, 0.25) is 0 Å². The molecule has 0 spiro atoms. The van der Waals surface area contributed by atoms with E-state index in [4.69, 9.17) is 22.7 Å². The molecule has 0 unspecified atom stereocenters. The quantitative estimate of drug-likeness (QED) is 0.867. The summed E-state index contributed by atoms with van der Waals surface area (Å²) in [6.45, 7) is 1.07. The molecule has 1 heterocycles. The van der Waals surface area contributed by atoms with E-state index in [9.17, 15) is 4.79 Å². The lowest BCUT2D eigenvalue weighted by atomic mass is 10.1. The van der Waals surface area contributed by atoms with Crippen molar-refractivity contribution in [3.8, 4) is 5.75 Å². The van der Waals surface area contributed by atoms with Gasteiger partial charge in [-0.1, -0.05) is 25.1 Å². The van der Waals surface area contributed by atoms with Gasteiger partial charge in [0.15, 0.2) is 0 Å². The Bertz CT molecular complexity index is 567. The van der Waals surface area contributed by atoms with E-state index in [2.05, 4.69) is 0 Å². The fraction of sp³-hybridized carbons (Fsp3) is 0.500. The molecule has 1 aromatic rings. The normalized spacial score (nSPS) is 17.3. The molecule has 1 saturated carbocycles. The van der Waals surface area contributed by atoms with Crippen molar-refractivity contribution in [2.24, 2.45) is 5.73 Å². The summed E-state index contributed by atoms with van der Waals surface area (Å²) in [5, 5.41) is 0. The fourth-order valence-electron chi connectivity index (χ4n) is 3.24. The first-order valence-corrected chi connectivity index (χ1v) is 7.91. The molecule has 2 aliphatic rings. The molecule has 0 radical (unpaired) electrons. The van der Waals surface area contributed by atoms with Crippen LogP contribution in [0.15, 0.2) is 18.2 Å². The number of amides is 1. The van der Waals surface area contributed by atoms with Crippen LogP contribution < -0.4 is 10.5 Å². The molecular formula is C16H20N2O2S. The molecule has 0 aromatic heterocycles. The highest BCUT2D eigenvalue weighted by Crippen LogP contribution is 2.28. The molecule has 5 heteroatoms. The fourth-order valence-corrected chi connectivity index (χ4v) is 3.38. The Balaban J connectivity index is 1.84. The number of nitrogens with zero attached hydrogens (tertiary/aromatic N) is 1. The lowest BCUT2D eigenvalue weighted by molar-refractivity contribution is 0.0714. The van der Waals surface area contributed by atoms with Crippen molar-refractivity contribution >= 4 is 23.1 Å². The molecule has 0 saturated heterocycles. The zero-order valence-corrected chi connectivity index (χ0v) is 12.8. The second-order valence-corrected chi connectivity index (χ2v) is 6.28. The summed E-state index contributed by atoms with van der Waals surface area (Å²) in [6, 6.07) is 5.95. The highest BCUT2D eigenvalue weighted by molar-refractivity contribution is 7.80. The van der Waals surface area contributed by atoms with Crippen molar-refractivity contribution in [2.45, 2.75) is 38.1 Å². The Hall–Kier alpha value is -1.62. The van der Waals surface area contributed by atoms with Crippen molar-refractivity contribution in [3.63, 3.8) is 0 Å². The molecule has 2 N–H and O–H groups in total. The molecule has 3 rings (SSSR count). The van der Waals surface area contributed by atoms with E-state index in [0.717, 1.165) is 30.6 Å². The smallest absolute Gasteiger partial charge is 0.254 e. The zero-order chi connectivity index (χ0) is 14.8. The molecule has 1 aromatic carbocycles. The Kier molecular flexibility index (Phi) is 4.10. The second-order valence-electron chi connectivity index (χ2n) is 5.76. The molecule has 0 atom stereocenters. The lowest BCUT2D eigenvalue weighted by Crippen LogP contribution is -2.43. The number of rotatable bonds is 4. The summed E-state index contributed by atoms with van der Waals surface area (Å²) in [4.78, 5) is 15.1. The first-order valence-electron chi connectivity index (χ1n) is 7.50. The SMILES string of the molecule is NC(=S)CN(C(=O)c1ccc2c(c1)CCO2)C1CCCC1. The van der Waals surface area contributed by atoms with E-state index in [-0.39, 0.29) is 11.9 Å². The van der Waals surface area contributed by atoms with Crippen LogP contribution in [0.5, 0.6) is 5.75 Å². The van der Waals surface area contributed by atoms with Gasteiger partial charge in [0.05, 0.1) is 18.1 Å². The summed E-state index contributed by atoms with van der Waals surface area (Å²) < 4.78 is 5.49. The molecular weight excluding hydrogens is 284 g/mol. The van der Waals surface area contributed by atoms with Gasteiger partial charge < -0.3 is 15.4 Å². The highest BCUT2D eigenvalue weighted by Gasteiger charge is 2.28. The summed E-state index contributed by atoms with van der Waals surface area (Å²) in [7, 11) is 0. The van der Waals surface area contributed by atoms with Gasteiger partial charge in [0, 0.05) is 18.0 Å². The minimum Gasteiger partial charge on any atom is -0.493 e. The summed E-state index contributed by atoms with van der Waals surface area (Å²) >= 11 is 5.02. The molecule has 0 bridgehead atoms. The second kappa shape index (κ2) is 6.02. The maximum atomic E-state index is 12.8. The third-order valence-corrected chi connectivity index (χ3v) is 4.42. The van der Waals surface area contributed by atoms with E-state index < -0.39 is 0 Å². The van der Waals surface area contributed by atoms with Crippen LogP contribution in [0.1, 0.15) is 41.6 Å². The lowest BCUT2D eigenvalue weighted by Gasteiger charge is -2.28. The van der Waals surface area contributed by atoms with Gasteiger partial charge in [-0.05, 0) is 36.6 Å². The molecule has 4 nitrogen and oxygen atoms in total. The van der Waals surface area contributed by atoms with Crippen molar-refractivity contribution < 1.29 is 9.53 Å². The number of carbonyl (C=O) groups is 1. The van der Waals surface area contributed by atoms with Crippen LogP contribution in [-0.2, 0) is 6.42 Å². The van der Waals surface area contributed by atoms with E-state index in [0.29, 0.717) is 23.7 Å². The Morgan fingerprint density at radius 1 is 1.38 bits per heavy atom. The number of carbonyl (C=O) groups excluding carboxylic acids is 1. The predicted octanol–water partition coefficient (Wildman–Crippen LogP) is 2.29. The zero-order valence-electron chi connectivity index (χ0n) is 12.0. The molecule has 1 aliphatic carbocycles. The van der Waals surface area contributed by atoms with Crippen LogP contribution in [0.3, 0.4) is 0 Å². The molecule has 112 valence electrons. The van der Waals surface area contributed by atoms with Crippen molar-refractivity contribution in [1.82, 2.24) is 4.90 Å². The van der Waals surface area contributed by atoms with Gasteiger partial charge in [-0.25, -0.2) is 0 Å². The third-order valence-electron chi connectivity index (χ3n) is 4.29. The number of benzene rings is 1. The van der Waals surface area contributed by atoms with Crippen LogP contribution in [0, 0.1) is 0 Å². The van der Waals surface area contributed by atoms with Gasteiger partial charge in [0.2, 0.25) is 0 Å². The number of hydrogen-bond donors (Lipinski definition) is 1. The van der Waals surface area contributed by atoms with E-state index in [1.165, 1.54) is 12.8 Å². The molecule has 21 heavy (non-hydrogen) atoms. The summed E-state index contributed by atoms with van der Waals surface area (Å²) in [5.74, 6) is 0.928. The molecule has 1 amide bonds. The number of fused-ring (bicyclic) bond motifs is 1. The van der Waals surface area contributed by atoms with Crippen LogP contribution in [-0.4, -0.2) is 35.0 Å². The average Bonchev–Trinajstić information content (AvgIpc) is 3.13. The Labute approximate surface area is 130 Å². The largest absolute Gasteiger partial charge is 0.493 e. The van der Waals surface area contributed by atoms with Crippen LogP contribution in [0.4, 0.5) is 0 Å². The van der Waals surface area contributed by atoms with Gasteiger partial charge in [0.25, 0.3) is 5.91 Å². The average molecular weight is 304 g/mol. The molecule has 1 fully saturated rings. The summed E-state index contributed by atoms with van der Waals surface area (Å²) in [6.07, 6.45) is 5.30. The topological polar surface area (TPSA) is 55.6 Å². The first-order chi connectivity index (χ1) is 10.1. The first kappa shape index (κ1) is 14.3. The Morgan fingerprint density at radius 2 is 2.14 bits per heavy atom. The van der Waals surface area contributed by atoms with Gasteiger partial charge in [-0.2, -0.15) is 0 Å². The monoisotopic (exact) mass is 304 g/mol. The van der Waals surface area contributed by atoms with Gasteiger partial charge in [0.1, 0.15) is 5.75 Å². The standard InChI is InChI=1S/C16H20N2O2S/c17-15(21)10-18(13-3-1-2-4-13)16(19)12-5-6-14-11(9-12)7-8-20-14/h5-6,9,13H,1-4,7-8,10H2,(H2,17,21). The highest BCUT2D eigenvalue weighted by atomic mass is 32.1. The van der Waals surface area contributed by atoms with E-state index >= 15 is 0 Å². The predicted molar refractivity (Wildman–Crippen MR) is 85.7 cm³/mol. The molecule has 1 aliphatic heterocycles. The minimum absolute atomic E-state index is 0.0319. The van der Waals surface area contributed by atoms with Crippen molar-refractivity contribution in [3.05, 3.63) is 29.3 Å². The Morgan fingerprint density at radius 3 is 2.86 bits per heavy atom. The van der Waals surface area contributed by atoms with Gasteiger partial charge in [-0.3, -0.25) is 4.79 Å². The number of nitrogens with two attached hydrogens (primary N) is 1. The van der Waals surface area contributed by atoms with Gasteiger partial charge >= 0.3 is 0 Å².